The van der Waals surface area contributed by atoms with Gasteiger partial charge in [0.15, 0.2) is 11.5 Å². The van der Waals surface area contributed by atoms with Crippen molar-refractivity contribution < 1.29 is 14.6 Å². The molecule has 1 aromatic rings. The Kier molecular flexibility index (Phi) is 3.49. The van der Waals surface area contributed by atoms with E-state index in [1.54, 1.807) is 14.2 Å². The molecule has 3 N–H and O–H groups in total. The van der Waals surface area contributed by atoms with Crippen molar-refractivity contribution in [1.82, 2.24) is 0 Å². The van der Waals surface area contributed by atoms with Gasteiger partial charge in [-0.15, -0.1) is 0 Å². The predicted molar refractivity (Wildman–Crippen MR) is 74.8 cm³/mol. The minimum Gasteiger partial charge on any atom is -0.493 e. The molecule has 19 heavy (non-hydrogen) atoms. The molecular formula is C15H23NO3. The Hall–Kier alpha value is -1.26. The Morgan fingerprint density at radius 1 is 1.11 bits per heavy atom. The number of hydrogen-bond donors (Lipinski definition) is 2. The molecular weight excluding hydrogens is 242 g/mol. The van der Waals surface area contributed by atoms with Gasteiger partial charge in [-0.25, -0.2) is 0 Å². The van der Waals surface area contributed by atoms with Crippen LogP contribution >= 0.6 is 0 Å². The van der Waals surface area contributed by atoms with Gasteiger partial charge in [0.05, 0.1) is 14.2 Å². The lowest BCUT2D eigenvalue weighted by molar-refractivity contribution is 0.0172. The molecule has 0 spiro atoms. The SMILES string of the molecule is COc1cc2c(cc1OC)C(O)(CN)CCC2(C)C. The molecule has 2 rings (SSSR count). The zero-order chi connectivity index (χ0) is 14.3. The third kappa shape index (κ3) is 2.19. The molecule has 1 unspecified atom stereocenters. The lowest BCUT2D eigenvalue weighted by Gasteiger charge is -2.42. The van der Waals surface area contributed by atoms with Crippen LogP contribution in [0.15, 0.2) is 12.1 Å². The number of hydrogen-bond acceptors (Lipinski definition) is 4. The molecule has 0 saturated carbocycles. The molecule has 4 heteroatoms. The number of rotatable bonds is 3. The van der Waals surface area contributed by atoms with Crippen molar-refractivity contribution in [3.63, 3.8) is 0 Å². The maximum atomic E-state index is 10.7. The van der Waals surface area contributed by atoms with Crippen molar-refractivity contribution in [2.75, 3.05) is 20.8 Å². The molecule has 0 amide bonds. The summed E-state index contributed by atoms with van der Waals surface area (Å²) in [6.07, 6.45) is 1.56. The van der Waals surface area contributed by atoms with E-state index in [0.29, 0.717) is 17.9 Å². The number of aliphatic hydroxyl groups is 1. The van der Waals surface area contributed by atoms with Crippen LogP contribution in [0.4, 0.5) is 0 Å². The monoisotopic (exact) mass is 265 g/mol. The smallest absolute Gasteiger partial charge is 0.161 e. The summed E-state index contributed by atoms with van der Waals surface area (Å²) in [4.78, 5) is 0. The number of ether oxygens (including phenoxy) is 2. The fourth-order valence-electron chi connectivity index (χ4n) is 2.82. The largest absolute Gasteiger partial charge is 0.493 e. The average Bonchev–Trinajstić information content (AvgIpc) is 2.42. The van der Waals surface area contributed by atoms with Crippen LogP contribution in [0, 0.1) is 0 Å². The molecule has 106 valence electrons. The van der Waals surface area contributed by atoms with E-state index in [0.717, 1.165) is 17.5 Å². The standard InChI is InChI=1S/C15H23NO3/c1-14(2)5-6-15(17,9-16)11-8-13(19-4)12(18-3)7-10(11)14/h7-8,17H,5-6,9,16H2,1-4H3. The van der Waals surface area contributed by atoms with Gasteiger partial charge >= 0.3 is 0 Å². The maximum absolute atomic E-state index is 10.7. The quantitative estimate of drug-likeness (QED) is 0.876. The summed E-state index contributed by atoms with van der Waals surface area (Å²) in [5.41, 5.74) is 6.76. The van der Waals surface area contributed by atoms with Gasteiger partial charge < -0.3 is 20.3 Å². The molecule has 1 atom stereocenters. The molecule has 1 aliphatic carbocycles. The topological polar surface area (TPSA) is 64.7 Å². The van der Waals surface area contributed by atoms with E-state index in [1.807, 2.05) is 12.1 Å². The maximum Gasteiger partial charge on any atom is 0.161 e. The third-order valence-corrected chi connectivity index (χ3v) is 4.26. The number of benzene rings is 1. The van der Waals surface area contributed by atoms with E-state index in [1.165, 1.54) is 0 Å². The van der Waals surface area contributed by atoms with Crippen LogP contribution in [0.2, 0.25) is 0 Å². The minimum absolute atomic E-state index is 0.00369. The highest BCUT2D eigenvalue weighted by atomic mass is 16.5. The Morgan fingerprint density at radius 3 is 2.11 bits per heavy atom. The van der Waals surface area contributed by atoms with E-state index in [-0.39, 0.29) is 12.0 Å². The van der Waals surface area contributed by atoms with E-state index < -0.39 is 5.60 Å². The van der Waals surface area contributed by atoms with Gasteiger partial charge in [-0.05, 0) is 41.5 Å². The van der Waals surface area contributed by atoms with E-state index in [2.05, 4.69) is 13.8 Å². The summed E-state index contributed by atoms with van der Waals surface area (Å²) in [6.45, 7) is 4.56. The fraction of sp³-hybridized carbons (Fsp3) is 0.600. The van der Waals surface area contributed by atoms with Gasteiger partial charge in [0.1, 0.15) is 5.60 Å². The van der Waals surface area contributed by atoms with Crippen molar-refractivity contribution in [3.05, 3.63) is 23.3 Å². The van der Waals surface area contributed by atoms with Gasteiger partial charge in [-0.1, -0.05) is 13.8 Å². The van der Waals surface area contributed by atoms with Crippen LogP contribution in [0.3, 0.4) is 0 Å². The molecule has 0 aromatic heterocycles. The minimum atomic E-state index is -0.968. The summed E-state index contributed by atoms with van der Waals surface area (Å²) in [7, 11) is 3.22. The Morgan fingerprint density at radius 2 is 1.63 bits per heavy atom. The number of nitrogens with two attached hydrogens (primary N) is 1. The van der Waals surface area contributed by atoms with E-state index >= 15 is 0 Å². The van der Waals surface area contributed by atoms with Gasteiger partial charge in [-0.3, -0.25) is 0 Å². The lowest BCUT2D eigenvalue weighted by atomic mass is 9.66. The summed E-state index contributed by atoms with van der Waals surface area (Å²) in [6, 6.07) is 3.83. The third-order valence-electron chi connectivity index (χ3n) is 4.26. The average molecular weight is 265 g/mol. The second-order valence-corrected chi connectivity index (χ2v) is 5.87. The van der Waals surface area contributed by atoms with Gasteiger partial charge in [0.2, 0.25) is 0 Å². The summed E-state index contributed by atoms with van der Waals surface area (Å²) < 4.78 is 10.7. The molecule has 0 aliphatic heterocycles. The highest BCUT2D eigenvalue weighted by Gasteiger charge is 2.41. The zero-order valence-electron chi connectivity index (χ0n) is 12.1. The van der Waals surface area contributed by atoms with Crippen molar-refractivity contribution >= 4 is 0 Å². The van der Waals surface area contributed by atoms with Gasteiger partial charge in [-0.2, -0.15) is 0 Å². The van der Waals surface area contributed by atoms with E-state index in [4.69, 9.17) is 15.2 Å². The molecule has 0 saturated heterocycles. The molecule has 1 aromatic carbocycles. The van der Waals surface area contributed by atoms with Crippen molar-refractivity contribution in [2.45, 2.75) is 37.7 Å². The van der Waals surface area contributed by atoms with E-state index in [9.17, 15) is 5.11 Å². The fourth-order valence-corrected chi connectivity index (χ4v) is 2.82. The van der Waals surface area contributed by atoms with Crippen LogP contribution in [0.25, 0.3) is 0 Å². The van der Waals surface area contributed by atoms with Crippen LogP contribution in [-0.2, 0) is 11.0 Å². The van der Waals surface area contributed by atoms with Gasteiger partial charge in [0, 0.05) is 6.54 Å². The van der Waals surface area contributed by atoms with Crippen LogP contribution in [0.1, 0.15) is 37.8 Å². The predicted octanol–water partition coefficient (Wildman–Crippen LogP) is 1.92. The number of fused-ring (bicyclic) bond motifs is 1. The van der Waals surface area contributed by atoms with Crippen LogP contribution < -0.4 is 15.2 Å². The first-order chi connectivity index (χ1) is 8.88. The molecule has 1 aliphatic rings. The first kappa shape index (κ1) is 14.2. The van der Waals surface area contributed by atoms with Crippen molar-refractivity contribution in [3.8, 4) is 11.5 Å². The van der Waals surface area contributed by atoms with Crippen molar-refractivity contribution in [1.29, 1.82) is 0 Å². The molecule has 4 nitrogen and oxygen atoms in total. The second-order valence-electron chi connectivity index (χ2n) is 5.87. The Labute approximate surface area is 114 Å². The zero-order valence-corrected chi connectivity index (χ0v) is 12.1. The Bertz CT molecular complexity index is 485. The number of methoxy groups -OCH3 is 2. The molecule has 0 heterocycles. The summed E-state index contributed by atoms with van der Waals surface area (Å²) in [5, 5.41) is 10.7. The highest BCUT2D eigenvalue weighted by Crippen LogP contribution is 2.48. The second kappa shape index (κ2) is 4.69. The summed E-state index contributed by atoms with van der Waals surface area (Å²) >= 11 is 0. The normalized spacial score (nSPS) is 24.7. The molecule has 0 fully saturated rings. The summed E-state index contributed by atoms with van der Waals surface area (Å²) in [5.74, 6) is 1.32. The highest BCUT2D eigenvalue weighted by molar-refractivity contribution is 5.53. The van der Waals surface area contributed by atoms with Crippen LogP contribution in [-0.4, -0.2) is 25.9 Å². The lowest BCUT2D eigenvalue weighted by Crippen LogP contribution is -2.42. The molecule has 0 bridgehead atoms. The van der Waals surface area contributed by atoms with Crippen molar-refractivity contribution in [2.24, 2.45) is 5.73 Å². The molecule has 0 radical (unpaired) electrons. The first-order valence-electron chi connectivity index (χ1n) is 6.57. The van der Waals surface area contributed by atoms with Crippen LogP contribution in [0.5, 0.6) is 11.5 Å². The van der Waals surface area contributed by atoms with Gasteiger partial charge in [0.25, 0.3) is 0 Å². The Balaban J connectivity index is 2.68. The first-order valence-corrected chi connectivity index (χ1v) is 6.57.